The third-order valence-electron chi connectivity index (χ3n) is 3.91. The molecule has 0 aromatic carbocycles. The number of carbonyl (C=O) groups is 1. The molecule has 0 aliphatic carbocycles. The third-order valence-corrected chi connectivity index (χ3v) is 3.91. The van der Waals surface area contributed by atoms with E-state index in [2.05, 4.69) is 20.4 Å². The highest BCUT2D eigenvalue weighted by molar-refractivity contribution is 14.0. The van der Waals surface area contributed by atoms with Gasteiger partial charge >= 0.3 is 0 Å². The molecule has 0 spiro atoms. The maximum absolute atomic E-state index is 12.3. The Balaban J connectivity index is 0.00000225. The monoisotopic (exact) mass is 459 g/mol. The van der Waals surface area contributed by atoms with Gasteiger partial charge in [-0.2, -0.15) is 0 Å². The van der Waals surface area contributed by atoms with Gasteiger partial charge in [0.1, 0.15) is 0 Å². The molecule has 136 valence electrons. The number of carbonyl (C=O) groups excluding carboxylic acids is 1. The van der Waals surface area contributed by atoms with Crippen LogP contribution in [0.15, 0.2) is 38.4 Å². The number of nitrogens with one attached hydrogen (secondary N) is 1. The van der Waals surface area contributed by atoms with Crippen LogP contribution >= 0.6 is 24.0 Å². The summed E-state index contributed by atoms with van der Waals surface area (Å²) in [6.07, 6.45) is 1.51. The Morgan fingerprint density at radius 1 is 1.32 bits per heavy atom. The molecule has 3 heterocycles. The number of furan rings is 1. The van der Waals surface area contributed by atoms with Crippen molar-refractivity contribution in [2.75, 3.05) is 33.2 Å². The molecule has 2 aromatic rings. The van der Waals surface area contributed by atoms with Crippen molar-refractivity contribution in [2.45, 2.75) is 13.5 Å². The van der Waals surface area contributed by atoms with E-state index in [-0.39, 0.29) is 29.9 Å². The van der Waals surface area contributed by atoms with E-state index in [4.69, 9.17) is 8.94 Å². The summed E-state index contributed by atoms with van der Waals surface area (Å²) in [7, 11) is 1.74. The first kappa shape index (κ1) is 19.3. The van der Waals surface area contributed by atoms with Crippen LogP contribution in [0.1, 0.15) is 22.0 Å². The number of rotatable bonds is 3. The molecule has 0 radical (unpaired) electrons. The smallest absolute Gasteiger partial charge is 0.289 e. The highest BCUT2D eigenvalue weighted by Gasteiger charge is 2.25. The maximum atomic E-state index is 12.3. The van der Waals surface area contributed by atoms with Gasteiger partial charge in [-0.05, 0) is 19.1 Å². The lowest BCUT2D eigenvalue weighted by Crippen LogP contribution is -2.53. The summed E-state index contributed by atoms with van der Waals surface area (Å²) in [6.45, 7) is 5.09. The number of aromatic nitrogens is 1. The number of hydrogen-bond acceptors (Lipinski definition) is 5. The van der Waals surface area contributed by atoms with Crippen molar-refractivity contribution in [3.63, 3.8) is 0 Å². The van der Waals surface area contributed by atoms with Crippen LogP contribution in [-0.2, 0) is 6.54 Å². The molecule has 1 N–H and O–H groups in total. The first-order chi connectivity index (χ1) is 11.7. The number of hydrogen-bond donors (Lipinski definition) is 1. The Bertz CT molecular complexity index is 705. The van der Waals surface area contributed by atoms with E-state index in [1.165, 1.54) is 6.26 Å². The van der Waals surface area contributed by atoms with Crippen LogP contribution in [0.4, 0.5) is 0 Å². The fraction of sp³-hybridized carbons (Fsp3) is 0.438. The molecule has 3 rings (SSSR count). The topological polar surface area (TPSA) is 87.1 Å². The van der Waals surface area contributed by atoms with E-state index in [1.807, 2.05) is 13.0 Å². The summed E-state index contributed by atoms with van der Waals surface area (Å²) in [6, 6.07) is 5.30. The molecule has 9 heteroatoms. The van der Waals surface area contributed by atoms with Gasteiger partial charge in [0.25, 0.3) is 5.91 Å². The summed E-state index contributed by atoms with van der Waals surface area (Å²) in [5.41, 5.74) is 0.854. The molecule has 0 atom stereocenters. The van der Waals surface area contributed by atoms with Gasteiger partial charge < -0.3 is 24.1 Å². The molecule has 8 nitrogen and oxygen atoms in total. The lowest BCUT2D eigenvalue weighted by molar-refractivity contribution is 0.0657. The number of halogens is 1. The normalized spacial score (nSPS) is 15.0. The summed E-state index contributed by atoms with van der Waals surface area (Å²) < 4.78 is 10.4. The SMILES string of the molecule is CN=C(NCc1cc(C)no1)N1CCN(C(=O)c2ccco2)CC1.I. The second-order valence-electron chi connectivity index (χ2n) is 5.59. The van der Waals surface area contributed by atoms with Gasteiger partial charge in [-0.15, -0.1) is 24.0 Å². The molecule has 1 aliphatic rings. The average Bonchev–Trinajstić information content (AvgIpc) is 3.27. The number of aliphatic imine (C=N–C) groups is 1. The molecule has 2 aromatic heterocycles. The highest BCUT2D eigenvalue weighted by Crippen LogP contribution is 2.10. The second-order valence-corrected chi connectivity index (χ2v) is 5.59. The Labute approximate surface area is 163 Å². The predicted molar refractivity (Wildman–Crippen MR) is 103 cm³/mol. The van der Waals surface area contributed by atoms with Crippen LogP contribution in [0.2, 0.25) is 0 Å². The molecule has 1 amide bonds. The number of piperazine rings is 1. The first-order valence-corrected chi connectivity index (χ1v) is 7.88. The van der Waals surface area contributed by atoms with Gasteiger partial charge in [-0.1, -0.05) is 5.16 Å². The van der Waals surface area contributed by atoms with Gasteiger partial charge in [0, 0.05) is 39.3 Å². The van der Waals surface area contributed by atoms with E-state index in [9.17, 15) is 4.79 Å². The van der Waals surface area contributed by atoms with Crippen molar-refractivity contribution in [1.29, 1.82) is 0 Å². The van der Waals surface area contributed by atoms with E-state index in [0.717, 1.165) is 17.4 Å². The first-order valence-electron chi connectivity index (χ1n) is 7.88. The molecule has 1 aliphatic heterocycles. The lowest BCUT2D eigenvalue weighted by Gasteiger charge is -2.36. The summed E-state index contributed by atoms with van der Waals surface area (Å²) in [5, 5.41) is 7.13. The van der Waals surface area contributed by atoms with Crippen LogP contribution < -0.4 is 5.32 Å². The fourth-order valence-corrected chi connectivity index (χ4v) is 2.68. The predicted octanol–water partition coefficient (Wildman–Crippen LogP) is 1.73. The van der Waals surface area contributed by atoms with Gasteiger partial charge in [0.15, 0.2) is 17.5 Å². The Hall–Kier alpha value is -2.04. The van der Waals surface area contributed by atoms with Crippen LogP contribution in [0, 0.1) is 6.92 Å². The van der Waals surface area contributed by atoms with Crippen molar-refractivity contribution < 1.29 is 13.7 Å². The largest absolute Gasteiger partial charge is 0.459 e. The number of guanidine groups is 1. The third kappa shape index (κ3) is 4.74. The number of amides is 1. The minimum absolute atomic E-state index is 0. The van der Waals surface area contributed by atoms with Crippen molar-refractivity contribution in [2.24, 2.45) is 4.99 Å². The van der Waals surface area contributed by atoms with Gasteiger partial charge in [-0.3, -0.25) is 9.79 Å². The minimum atomic E-state index is -0.0697. The van der Waals surface area contributed by atoms with Crippen molar-refractivity contribution in [3.05, 3.63) is 41.7 Å². The van der Waals surface area contributed by atoms with Crippen molar-refractivity contribution >= 4 is 35.8 Å². The zero-order valence-electron chi connectivity index (χ0n) is 14.3. The molecule has 0 unspecified atom stereocenters. The number of nitrogens with zero attached hydrogens (tertiary/aromatic N) is 4. The van der Waals surface area contributed by atoms with E-state index < -0.39 is 0 Å². The van der Waals surface area contributed by atoms with Crippen molar-refractivity contribution in [3.8, 4) is 0 Å². The zero-order chi connectivity index (χ0) is 16.9. The van der Waals surface area contributed by atoms with Gasteiger partial charge in [0.2, 0.25) is 0 Å². The lowest BCUT2D eigenvalue weighted by atomic mass is 10.3. The molecule has 25 heavy (non-hydrogen) atoms. The summed E-state index contributed by atoms with van der Waals surface area (Å²) in [5.74, 6) is 1.86. The average molecular weight is 459 g/mol. The summed E-state index contributed by atoms with van der Waals surface area (Å²) in [4.78, 5) is 20.5. The molecular formula is C16H22IN5O3. The maximum Gasteiger partial charge on any atom is 0.289 e. The Kier molecular flexibility index (Phi) is 6.85. The zero-order valence-corrected chi connectivity index (χ0v) is 16.6. The van der Waals surface area contributed by atoms with E-state index >= 15 is 0 Å². The Morgan fingerprint density at radius 2 is 2.04 bits per heavy atom. The van der Waals surface area contributed by atoms with E-state index in [1.54, 1.807) is 24.1 Å². The highest BCUT2D eigenvalue weighted by atomic mass is 127. The molecular weight excluding hydrogens is 437 g/mol. The summed E-state index contributed by atoms with van der Waals surface area (Å²) >= 11 is 0. The van der Waals surface area contributed by atoms with E-state index in [0.29, 0.717) is 38.5 Å². The van der Waals surface area contributed by atoms with Crippen LogP contribution in [0.5, 0.6) is 0 Å². The Morgan fingerprint density at radius 3 is 2.60 bits per heavy atom. The van der Waals surface area contributed by atoms with Crippen LogP contribution in [0.3, 0.4) is 0 Å². The molecule has 1 fully saturated rings. The fourth-order valence-electron chi connectivity index (χ4n) is 2.68. The molecule has 0 bridgehead atoms. The quantitative estimate of drug-likeness (QED) is 0.428. The number of aryl methyl sites for hydroxylation is 1. The van der Waals surface area contributed by atoms with Crippen molar-refractivity contribution in [1.82, 2.24) is 20.3 Å². The second kappa shape index (κ2) is 8.88. The standard InChI is InChI=1S/C16H21N5O3.HI/c1-12-10-13(24-19-12)11-18-16(17-2)21-7-5-20(6-8-21)15(22)14-4-3-9-23-14;/h3-4,9-10H,5-8,11H2,1-2H3,(H,17,18);1H. The van der Waals surface area contributed by atoms with Gasteiger partial charge in [0.05, 0.1) is 18.5 Å². The van der Waals surface area contributed by atoms with Gasteiger partial charge in [-0.25, -0.2) is 0 Å². The molecule has 0 saturated carbocycles. The molecule has 1 saturated heterocycles. The van der Waals surface area contributed by atoms with Crippen LogP contribution in [0.25, 0.3) is 0 Å². The van der Waals surface area contributed by atoms with Crippen LogP contribution in [-0.4, -0.2) is 60.0 Å². The minimum Gasteiger partial charge on any atom is -0.459 e.